The second-order valence-electron chi connectivity index (χ2n) is 17.2. The molecule has 0 rings (SSSR count). The highest BCUT2D eigenvalue weighted by molar-refractivity contribution is 5.07. The van der Waals surface area contributed by atoms with Crippen LogP contribution in [-0.2, 0) is 0 Å². The lowest BCUT2D eigenvalue weighted by molar-refractivity contribution is -0.00312. The first-order valence-corrected chi connectivity index (χ1v) is 19.9. The van der Waals surface area contributed by atoms with Crippen LogP contribution in [0.4, 0.5) is 0 Å². The molecule has 5 heteroatoms. The number of allylic oxidation sites excluding steroid dienone is 9. The summed E-state index contributed by atoms with van der Waals surface area (Å²) in [5.74, 6) is 0. The van der Waals surface area contributed by atoms with E-state index in [1.165, 1.54) is 27.9 Å². The van der Waals surface area contributed by atoms with Crippen LogP contribution < -0.4 is 0 Å². The van der Waals surface area contributed by atoms with E-state index in [9.17, 15) is 20.4 Å². The normalized spacial score (nSPS) is 18.3. The van der Waals surface area contributed by atoms with E-state index in [1.54, 1.807) is 0 Å². The molecule has 0 saturated carbocycles. The van der Waals surface area contributed by atoms with Crippen LogP contribution in [-0.4, -0.2) is 54.5 Å². The Balaban J connectivity index is 4.30. The van der Waals surface area contributed by atoms with Gasteiger partial charge in [0.25, 0.3) is 0 Å². The van der Waals surface area contributed by atoms with Crippen molar-refractivity contribution in [1.29, 1.82) is 0 Å². The fraction of sp³-hybridized carbons (Fsp3) is 0.778. The maximum Gasteiger partial charge on any atom is 0.0622 e. The van der Waals surface area contributed by atoms with E-state index in [0.29, 0.717) is 38.5 Å². The molecule has 0 saturated heterocycles. The molecule has 5 N–H and O–H groups in total. The van der Waals surface area contributed by atoms with Crippen molar-refractivity contribution in [2.24, 2.45) is 0 Å². The van der Waals surface area contributed by atoms with Crippen molar-refractivity contribution in [3.8, 4) is 0 Å². The summed E-state index contributed by atoms with van der Waals surface area (Å²) in [6.45, 7) is 20.6. The predicted octanol–water partition coefficient (Wildman–Crippen LogP) is 11.5. The largest absolute Gasteiger partial charge is 0.392 e. The van der Waals surface area contributed by atoms with Crippen LogP contribution in [0, 0.1) is 0 Å². The summed E-state index contributed by atoms with van der Waals surface area (Å²) < 4.78 is 0. The van der Waals surface area contributed by atoms with E-state index in [4.69, 9.17) is 5.11 Å². The lowest BCUT2D eigenvalue weighted by Crippen LogP contribution is -2.30. The lowest BCUT2D eigenvalue weighted by Gasteiger charge is -2.30. The molecule has 0 radical (unpaired) electrons. The Kier molecular flexibility index (Phi) is 24.7. The molecule has 4 atom stereocenters. The summed E-state index contributed by atoms with van der Waals surface area (Å²) in [6, 6.07) is 0. The zero-order chi connectivity index (χ0) is 38.3. The second-order valence-corrected chi connectivity index (χ2v) is 17.2. The maximum atomic E-state index is 11.0. The Morgan fingerprint density at radius 2 is 0.680 bits per heavy atom. The van der Waals surface area contributed by atoms with Crippen molar-refractivity contribution in [2.75, 3.05) is 6.61 Å². The van der Waals surface area contributed by atoms with E-state index in [2.05, 4.69) is 65.8 Å². The highest BCUT2D eigenvalue weighted by Crippen LogP contribution is 2.30. The molecule has 2 unspecified atom stereocenters. The number of aliphatic hydroxyl groups is 5. The monoisotopic (exact) mass is 703 g/mol. The van der Waals surface area contributed by atoms with Crippen molar-refractivity contribution in [1.82, 2.24) is 0 Å². The Labute approximate surface area is 309 Å². The summed E-state index contributed by atoms with van der Waals surface area (Å²) in [5.41, 5.74) is 3.75. The molecule has 0 aliphatic heterocycles. The van der Waals surface area contributed by atoms with Crippen molar-refractivity contribution in [2.45, 2.75) is 220 Å². The molecular weight excluding hydrogens is 620 g/mol. The van der Waals surface area contributed by atoms with Crippen molar-refractivity contribution in [3.63, 3.8) is 0 Å². The topological polar surface area (TPSA) is 101 Å². The van der Waals surface area contributed by atoms with Crippen LogP contribution in [0.2, 0.25) is 0 Å². The van der Waals surface area contributed by atoms with Gasteiger partial charge in [0, 0.05) is 0 Å². The minimum absolute atomic E-state index is 0.128. The predicted molar refractivity (Wildman–Crippen MR) is 216 cm³/mol. The molecule has 0 aliphatic rings. The number of rotatable bonds is 29. The first-order chi connectivity index (χ1) is 23.2. The molecule has 0 bridgehead atoms. The summed E-state index contributed by atoms with van der Waals surface area (Å²) in [4.78, 5) is 0. The standard InChI is InChI=1S/C45H82O5/c1-37(2)19-14-28-42(7,47)30-16-32-44(9,49)34-18-35-45(10,50)33-17-31-43(8,48)29-15-26-40(5)24-12-22-38(3)20-11-21-39(4)23-13-25-41(6)27-36-46/h19-20,23-24,27,46-50H,11-18,21-22,25-26,28-36H2,1-10H3/b38-20+,39-23+,40-24+,41-27+/t42-,43+,44?,45?/m1/s1. The molecule has 0 spiro atoms. The number of hydrogen-bond donors (Lipinski definition) is 5. The van der Waals surface area contributed by atoms with Crippen LogP contribution in [0.1, 0.15) is 198 Å². The minimum atomic E-state index is -0.805. The van der Waals surface area contributed by atoms with Crippen molar-refractivity contribution < 1.29 is 25.5 Å². The molecule has 5 nitrogen and oxygen atoms in total. The molecule has 292 valence electrons. The molecule has 0 aliphatic carbocycles. The summed E-state index contributed by atoms with van der Waals surface area (Å²) in [7, 11) is 0. The van der Waals surface area contributed by atoms with Crippen LogP contribution in [0.15, 0.2) is 58.2 Å². The molecule has 0 aromatic rings. The summed E-state index contributed by atoms with van der Waals surface area (Å²) in [6.07, 6.45) is 28.0. The smallest absolute Gasteiger partial charge is 0.0622 e. The van der Waals surface area contributed by atoms with Gasteiger partial charge in [0.2, 0.25) is 0 Å². The van der Waals surface area contributed by atoms with Crippen molar-refractivity contribution in [3.05, 3.63) is 58.2 Å². The summed E-state index contributed by atoms with van der Waals surface area (Å²) in [5, 5.41) is 52.5. The molecule has 50 heavy (non-hydrogen) atoms. The first kappa shape index (κ1) is 48.5. The Bertz CT molecular complexity index is 1060. The Morgan fingerprint density at radius 1 is 0.380 bits per heavy atom. The number of hydrogen-bond acceptors (Lipinski definition) is 5. The molecule has 0 aromatic heterocycles. The third-order valence-electron chi connectivity index (χ3n) is 10.3. The van der Waals surface area contributed by atoms with E-state index in [1.807, 2.05) is 33.8 Å². The fourth-order valence-corrected chi connectivity index (χ4v) is 6.67. The van der Waals surface area contributed by atoms with E-state index in [-0.39, 0.29) is 6.61 Å². The minimum Gasteiger partial charge on any atom is -0.392 e. The zero-order valence-corrected chi connectivity index (χ0v) is 34.5. The number of aliphatic hydroxyl groups excluding tert-OH is 1. The van der Waals surface area contributed by atoms with Gasteiger partial charge in [-0.3, -0.25) is 0 Å². The molecular formula is C45H82O5. The van der Waals surface area contributed by atoms with Gasteiger partial charge in [-0.05, 0) is 198 Å². The molecule has 0 amide bonds. The van der Waals surface area contributed by atoms with Gasteiger partial charge in [-0.25, -0.2) is 0 Å². The van der Waals surface area contributed by atoms with Gasteiger partial charge in [0.05, 0.1) is 29.0 Å². The first-order valence-electron chi connectivity index (χ1n) is 19.9. The van der Waals surface area contributed by atoms with E-state index >= 15 is 0 Å². The third-order valence-corrected chi connectivity index (χ3v) is 10.3. The molecule has 0 aromatic carbocycles. The van der Waals surface area contributed by atoms with Gasteiger partial charge in [0.15, 0.2) is 0 Å². The second kappa shape index (κ2) is 25.5. The maximum absolute atomic E-state index is 11.0. The van der Waals surface area contributed by atoms with Crippen LogP contribution in [0.5, 0.6) is 0 Å². The fourth-order valence-electron chi connectivity index (χ4n) is 6.67. The highest BCUT2D eigenvalue weighted by Gasteiger charge is 2.27. The lowest BCUT2D eigenvalue weighted by atomic mass is 9.84. The van der Waals surface area contributed by atoms with Gasteiger partial charge >= 0.3 is 0 Å². The van der Waals surface area contributed by atoms with Gasteiger partial charge in [-0.2, -0.15) is 0 Å². The van der Waals surface area contributed by atoms with Crippen molar-refractivity contribution >= 4 is 0 Å². The van der Waals surface area contributed by atoms with Crippen LogP contribution >= 0.6 is 0 Å². The Hall–Kier alpha value is -1.50. The highest BCUT2D eigenvalue weighted by atomic mass is 16.3. The van der Waals surface area contributed by atoms with Gasteiger partial charge in [-0.15, -0.1) is 0 Å². The quantitative estimate of drug-likeness (QED) is 0.0500. The van der Waals surface area contributed by atoms with Gasteiger partial charge < -0.3 is 25.5 Å². The third kappa shape index (κ3) is 29.1. The average molecular weight is 703 g/mol. The van der Waals surface area contributed by atoms with Gasteiger partial charge in [-0.1, -0.05) is 58.2 Å². The van der Waals surface area contributed by atoms with Crippen LogP contribution in [0.3, 0.4) is 0 Å². The van der Waals surface area contributed by atoms with Gasteiger partial charge in [0.1, 0.15) is 0 Å². The SMILES string of the molecule is CC(C)=CCC[C@@](C)(O)CCCC(C)(O)CCCC(C)(O)CCC[C@@](C)(O)CCC/C(C)=C/CC/C(C)=C/CC/C(C)=C/CC/C(C)=C/CO. The average Bonchev–Trinajstić information content (AvgIpc) is 2.96. The zero-order valence-electron chi connectivity index (χ0n) is 34.5. The molecule has 0 heterocycles. The van der Waals surface area contributed by atoms with Crippen LogP contribution in [0.25, 0.3) is 0 Å². The summed E-state index contributed by atoms with van der Waals surface area (Å²) >= 11 is 0. The molecule has 0 fully saturated rings. The van der Waals surface area contributed by atoms with E-state index in [0.717, 1.165) is 89.9 Å². The Morgan fingerprint density at radius 3 is 1.02 bits per heavy atom. The van der Waals surface area contributed by atoms with E-state index < -0.39 is 22.4 Å².